The number of hydrogen-bond acceptors (Lipinski definition) is 3. The second kappa shape index (κ2) is 11.0. The third kappa shape index (κ3) is 7.00. The summed E-state index contributed by atoms with van der Waals surface area (Å²) in [5.41, 5.74) is 2.36. The summed E-state index contributed by atoms with van der Waals surface area (Å²) in [7, 11) is 0. The van der Waals surface area contributed by atoms with Gasteiger partial charge in [-0.2, -0.15) is 0 Å². The maximum absolute atomic E-state index is 13.0. The number of carboxylic acid groups (broad SMARTS) is 1. The number of para-hydroxylation sites is 1. The molecule has 0 saturated carbocycles. The number of carboxylic acids is 1. The Kier molecular flexibility index (Phi) is 7.82. The van der Waals surface area contributed by atoms with Gasteiger partial charge in [0.05, 0.1) is 0 Å². The summed E-state index contributed by atoms with van der Waals surface area (Å²) in [5.74, 6) is 0.0856. The van der Waals surface area contributed by atoms with Gasteiger partial charge in [0, 0.05) is 18.0 Å². The number of ether oxygens (including phenoxy) is 1. The largest absolute Gasteiger partial charge is 0.481 e. The number of amides is 1. The first kappa shape index (κ1) is 22.1. The van der Waals surface area contributed by atoms with Gasteiger partial charge in [-0.05, 0) is 61.6 Å². The average molecular weight is 418 g/mol. The predicted octanol–water partition coefficient (Wildman–Crippen LogP) is 5.25. The molecule has 31 heavy (non-hydrogen) atoms. The lowest BCUT2D eigenvalue weighted by Gasteiger charge is -2.17. The van der Waals surface area contributed by atoms with Crippen molar-refractivity contribution in [2.45, 2.75) is 38.6 Å². The van der Waals surface area contributed by atoms with E-state index in [0.717, 1.165) is 12.8 Å². The maximum atomic E-state index is 13.0. The van der Waals surface area contributed by atoms with Crippen LogP contribution in [-0.4, -0.2) is 23.0 Å². The minimum Gasteiger partial charge on any atom is -0.481 e. The molecule has 0 bridgehead atoms. The highest BCUT2D eigenvalue weighted by Gasteiger charge is 2.16. The smallest absolute Gasteiger partial charge is 0.303 e. The van der Waals surface area contributed by atoms with Crippen LogP contribution in [0.4, 0.5) is 0 Å². The Labute approximate surface area is 182 Å². The number of nitrogens with one attached hydrogen (secondary N) is 1. The number of benzene rings is 3. The second-order valence-corrected chi connectivity index (χ2v) is 7.53. The number of rotatable bonds is 10. The van der Waals surface area contributed by atoms with Gasteiger partial charge in [0.15, 0.2) is 0 Å². The average Bonchev–Trinajstić information content (AvgIpc) is 2.78. The normalized spacial score (nSPS) is 11.5. The van der Waals surface area contributed by atoms with E-state index in [1.165, 1.54) is 5.56 Å². The van der Waals surface area contributed by atoms with E-state index in [4.69, 9.17) is 9.84 Å². The van der Waals surface area contributed by atoms with E-state index in [9.17, 15) is 9.59 Å². The Bertz CT molecular complexity index is 1000. The van der Waals surface area contributed by atoms with E-state index in [0.29, 0.717) is 22.6 Å². The Hall–Kier alpha value is -3.60. The van der Waals surface area contributed by atoms with Crippen LogP contribution in [0.3, 0.4) is 0 Å². The molecule has 3 aromatic rings. The van der Waals surface area contributed by atoms with Gasteiger partial charge in [-0.1, -0.05) is 54.6 Å². The number of hydrogen-bond donors (Lipinski definition) is 2. The van der Waals surface area contributed by atoms with Crippen LogP contribution in [0, 0.1) is 0 Å². The van der Waals surface area contributed by atoms with Crippen molar-refractivity contribution < 1.29 is 19.4 Å². The third-order valence-electron chi connectivity index (χ3n) is 5.00. The van der Waals surface area contributed by atoms with Crippen LogP contribution in [0.5, 0.6) is 11.5 Å². The summed E-state index contributed by atoms with van der Waals surface area (Å²) in [6, 6.07) is 24.6. The SMILES string of the molecule is CC(CCc1ccccc1)NC(=O)c1cc(Oc2ccccc2)ccc1CCC(=O)O. The fraction of sp³-hybridized carbons (Fsp3) is 0.231. The van der Waals surface area contributed by atoms with Crippen LogP contribution in [0.1, 0.15) is 41.3 Å². The molecule has 5 nitrogen and oxygen atoms in total. The van der Waals surface area contributed by atoms with Crippen LogP contribution in [0.25, 0.3) is 0 Å². The first-order chi connectivity index (χ1) is 15.0. The molecule has 1 amide bonds. The minimum absolute atomic E-state index is 0.0290. The van der Waals surface area contributed by atoms with E-state index in [2.05, 4.69) is 17.4 Å². The second-order valence-electron chi connectivity index (χ2n) is 7.53. The van der Waals surface area contributed by atoms with Crippen molar-refractivity contribution in [3.8, 4) is 11.5 Å². The fourth-order valence-electron chi connectivity index (χ4n) is 3.32. The van der Waals surface area contributed by atoms with Gasteiger partial charge < -0.3 is 15.2 Å². The molecule has 2 N–H and O–H groups in total. The molecule has 0 spiro atoms. The molecule has 1 atom stereocenters. The van der Waals surface area contributed by atoms with Crippen molar-refractivity contribution in [2.75, 3.05) is 0 Å². The van der Waals surface area contributed by atoms with Gasteiger partial charge >= 0.3 is 5.97 Å². The molecule has 0 aliphatic rings. The van der Waals surface area contributed by atoms with E-state index < -0.39 is 5.97 Å². The van der Waals surface area contributed by atoms with Crippen LogP contribution >= 0.6 is 0 Å². The monoisotopic (exact) mass is 417 g/mol. The van der Waals surface area contributed by atoms with Crippen LogP contribution in [0.2, 0.25) is 0 Å². The van der Waals surface area contributed by atoms with Crippen LogP contribution < -0.4 is 10.1 Å². The lowest BCUT2D eigenvalue weighted by atomic mass is 10.0. The molecule has 0 aliphatic carbocycles. The van der Waals surface area contributed by atoms with E-state index in [-0.39, 0.29) is 24.8 Å². The van der Waals surface area contributed by atoms with Crippen molar-refractivity contribution >= 4 is 11.9 Å². The molecule has 160 valence electrons. The Morgan fingerprint density at radius 3 is 2.26 bits per heavy atom. The highest BCUT2D eigenvalue weighted by atomic mass is 16.5. The molecule has 1 unspecified atom stereocenters. The Morgan fingerprint density at radius 2 is 1.58 bits per heavy atom. The van der Waals surface area contributed by atoms with E-state index >= 15 is 0 Å². The molecule has 0 aromatic heterocycles. The minimum atomic E-state index is -0.896. The van der Waals surface area contributed by atoms with Gasteiger partial charge in [0.2, 0.25) is 0 Å². The van der Waals surface area contributed by atoms with E-state index in [1.54, 1.807) is 18.2 Å². The standard InChI is InChI=1S/C26H27NO4/c1-19(12-13-20-8-4-2-5-9-20)27-26(30)24-18-23(31-22-10-6-3-7-11-22)16-14-21(24)15-17-25(28)29/h2-11,14,16,18-19H,12-13,15,17H2,1H3,(H,27,30)(H,28,29). The molecule has 3 aromatic carbocycles. The summed E-state index contributed by atoms with van der Waals surface area (Å²) in [6.45, 7) is 1.97. The number of carbonyl (C=O) groups is 2. The van der Waals surface area contributed by atoms with E-state index in [1.807, 2.05) is 55.5 Å². The van der Waals surface area contributed by atoms with Gasteiger partial charge in [-0.3, -0.25) is 9.59 Å². The fourth-order valence-corrected chi connectivity index (χ4v) is 3.32. The highest BCUT2D eigenvalue weighted by molar-refractivity contribution is 5.96. The summed E-state index contributed by atoms with van der Waals surface area (Å²) in [4.78, 5) is 24.1. The number of carbonyl (C=O) groups excluding carboxylic acids is 1. The molecule has 0 aliphatic heterocycles. The molecule has 3 rings (SSSR count). The highest BCUT2D eigenvalue weighted by Crippen LogP contribution is 2.25. The van der Waals surface area contributed by atoms with Gasteiger partial charge in [-0.25, -0.2) is 0 Å². The Balaban J connectivity index is 1.72. The van der Waals surface area contributed by atoms with Gasteiger partial charge in [0.25, 0.3) is 5.91 Å². The molecule has 0 saturated heterocycles. The van der Waals surface area contributed by atoms with Crippen LogP contribution in [-0.2, 0) is 17.6 Å². The molecule has 0 fully saturated rings. The van der Waals surface area contributed by atoms with Crippen molar-refractivity contribution in [3.63, 3.8) is 0 Å². The summed E-state index contributed by atoms with van der Waals surface area (Å²) >= 11 is 0. The third-order valence-corrected chi connectivity index (χ3v) is 5.00. The summed E-state index contributed by atoms with van der Waals surface area (Å²) in [5, 5.41) is 12.1. The van der Waals surface area contributed by atoms with Crippen LogP contribution in [0.15, 0.2) is 78.9 Å². The van der Waals surface area contributed by atoms with Crippen molar-refractivity contribution in [3.05, 3.63) is 95.6 Å². The maximum Gasteiger partial charge on any atom is 0.303 e. The van der Waals surface area contributed by atoms with Crippen molar-refractivity contribution in [1.29, 1.82) is 0 Å². The zero-order chi connectivity index (χ0) is 22.1. The quantitative estimate of drug-likeness (QED) is 0.473. The number of aryl methyl sites for hydroxylation is 2. The van der Waals surface area contributed by atoms with Gasteiger partial charge in [0.1, 0.15) is 11.5 Å². The number of aliphatic carboxylic acids is 1. The predicted molar refractivity (Wildman–Crippen MR) is 121 cm³/mol. The Morgan fingerprint density at radius 1 is 0.903 bits per heavy atom. The lowest BCUT2D eigenvalue weighted by Crippen LogP contribution is -2.33. The molecule has 5 heteroatoms. The first-order valence-electron chi connectivity index (χ1n) is 10.4. The molecular weight excluding hydrogens is 390 g/mol. The zero-order valence-electron chi connectivity index (χ0n) is 17.6. The van der Waals surface area contributed by atoms with Crippen molar-refractivity contribution in [2.24, 2.45) is 0 Å². The molecule has 0 heterocycles. The topological polar surface area (TPSA) is 75.6 Å². The molecule has 0 radical (unpaired) electrons. The summed E-state index contributed by atoms with van der Waals surface area (Å²) in [6.07, 6.45) is 1.91. The lowest BCUT2D eigenvalue weighted by molar-refractivity contribution is -0.136. The van der Waals surface area contributed by atoms with Crippen molar-refractivity contribution in [1.82, 2.24) is 5.32 Å². The van der Waals surface area contributed by atoms with Gasteiger partial charge in [-0.15, -0.1) is 0 Å². The summed E-state index contributed by atoms with van der Waals surface area (Å²) < 4.78 is 5.86. The first-order valence-corrected chi connectivity index (χ1v) is 10.4. The molecular formula is C26H27NO4. The zero-order valence-corrected chi connectivity index (χ0v) is 17.6.